The zero-order chi connectivity index (χ0) is 15.6. The number of rotatable bonds is 5. The van der Waals surface area contributed by atoms with Gasteiger partial charge in [0.25, 0.3) is 5.56 Å². The average Bonchev–Trinajstić information content (AvgIpc) is 2.88. The first-order valence-electron chi connectivity index (χ1n) is 6.37. The van der Waals surface area contributed by atoms with E-state index in [1.807, 2.05) is 17.7 Å². The van der Waals surface area contributed by atoms with Gasteiger partial charge in [-0.25, -0.2) is 4.98 Å². The molecule has 2 rings (SSSR count). The third kappa shape index (κ3) is 3.04. The summed E-state index contributed by atoms with van der Waals surface area (Å²) in [5.74, 6) is -0.479. The van der Waals surface area contributed by atoms with Crippen LogP contribution in [0, 0.1) is 4.77 Å². The molecule has 9 heteroatoms. The maximum absolute atomic E-state index is 12.5. The van der Waals surface area contributed by atoms with Crippen molar-refractivity contribution in [3.05, 3.63) is 15.1 Å². The van der Waals surface area contributed by atoms with E-state index in [4.69, 9.17) is 17.0 Å². The van der Waals surface area contributed by atoms with Crippen molar-refractivity contribution in [1.82, 2.24) is 14.1 Å². The summed E-state index contributed by atoms with van der Waals surface area (Å²) >= 11 is 8.25. The molecule has 0 aliphatic heterocycles. The van der Waals surface area contributed by atoms with E-state index in [0.29, 0.717) is 16.8 Å². The Hall–Kier alpha value is -1.19. The Morgan fingerprint density at radius 3 is 2.71 bits per heavy atom. The number of thioether (sulfide) groups is 1. The van der Waals surface area contributed by atoms with Gasteiger partial charge < -0.3 is 9.30 Å². The van der Waals surface area contributed by atoms with Gasteiger partial charge in [0.15, 0.2) is 14.6 Å². The molecule has 0 saturated carbocycles. The number of hydrogen-bond donors (Lipinski definition) is 0. The van der Waals surface area contributed by atoms with E-state index in [1.54, 1.807) is 6.92 Å². The lowest BCUT2D eigenvalue weighted by Gasteiger charge is -2.11. The van der Waals surface area contributed by atoms with E-state index in [2.05, 4.69) is 4.98 Å². The molecular formula is C12H15N3O3S3. The highest BCUT2D eigenvalue weighted by molar-refractivity contribution is 8.00. The highest BCUT2D eigenvalue weighted by Crippen LogP contribution is 2.26. The van der Waals surface area contributed by atoms with Gasteiger partial charge >= 0.3 is 5.97 Å². The molecule has 0 unspecified atom stereocenters. The smallest absolute Gasteiger partial charge is 0.326 e. The van der Waals surface area contributed by atoms with Crippen LogP contribution in [0.2, 0.25) is 0 Å². The summed E-state index contributed by atoms with van der Waals surface area (Å²) in [6.07, 6.45) is 1.90. The minimum Gasteiger partial charge on any atom is -0.465 e. The van der Waals surface area contributed by atoms with Crippen LogP contribution in [0.15, 0.2) is 9.13 Å². The molecule has 0 atom stereocenters. The van der Waals surface area contributed by atoms with Crippen LogP contribution in [-0.4, -0.2) is 33.0 Å². The number of carbonyl (C=O) groups is 1. The maximum atomic E-state index is 12.5. The topological polar surface area (TPSA) is 66.1 Å². The predicted molar refractivity (Wildman–Crippen MR) is 86.8 cm³/mol. The summed E-state index contributed by atoms with van der Waals surface area (Å²) in [6, 6.07) is 0. The maximum Gasteiger partial charge on any atom is 0.326 e. The second-order valence-electron chi connectivity index (χ2n) is 4.06. The van der Waals surface area contributed by atoms with Crippen LogP contribution in [0.5, 0.6) is 0 Å². The standard InChI is InChI=1S/C12H15N3O3S3/c1-4-14-10-8(13-11(20-3)21-10)9(17)15(12(14)19)6-7(16)18-5-2/h4-6H2,1-3H3. The number of esters is 1. The Morgan fingerprint density at radius 1 is 1.43 bits per heavy atom. The second-order valence-corrected chi connectivity index (χ2v) is 6.46. The molecule has 0 saturated heterocycles. The number of aryl methyl sites for hydroxylation is 1. The number of carbonyl (C=O) groups excluding carboxylic acids is 1. The fraction of sp³-hybridized carbons (Fsp3) is 0.500. The molecule has 21 heavy (non-hydrogen) atoms. The minimum atomic E-state index is -0.479. The van der Waals surface area contributed by atoms with Crippen LogP contribution >= 0.6 is 35.3 Å². The number of ether oxygens (including phenoxy) is 1. The van der Waals surface area contributed by atoms with Crippen molar-refractivity contribution >= 4 is 51.6 Å². The van der Waals surface area contributed by atoms with Crippen molar-refractivity contribution in [3.63, 3.8) is 0 Å². The Morgan fingerprint density at radius 2 is 2.14 bits per heavy atom. The molecule has 0 spiro atoms. The molecule has 6 nitrogen and oxygen atoms in total. The van der Waals surface area contributed by atoms with Crippen LogP contribution in [-0.2, 0) is 22.6 Å². The molecule has 0 aromatic carbocycles. The molecule has 0 radical (unpaired) electrons. The Bertz CT molecular complexity index is 791. The minimum absolute atomic E-state index is 0.187. The van der Waals surface area contributed by atoms with Crippen molar-refractivity contribution in [2.75, 3.05) is 12.9 Å². The Kier molecular flexibility index (Phi) is 5.17. The third-order valence-electron chi connectivity index (χ3n) is 2.83. The molecular weight excluding hydrogens is 330 g/mol. The van der Waals surface area contributed by atoms with Gasteiger partial charge in [0.2, 0.25) is 0 Å². The monoisotopic (exact) mass is 345 g/mol. The number of thiazole rings is 1. The second kappa shape index (κ2) is 6.71. The molecule has 2 aromatic heterocycles. The highest BCUT2D eigenvalue weighted by atomic mass is 32.2. The quantitative estimate of drug-likeness (QED) is 0.471. The van der Waals surface area contributed by atoms with Crippen LogP contribution < -0.4 is 5.56 Å². The van der Waals surface area contributed by atoms with E-state index in [9.17, 15) is 9.59 Å². The van der Waals surface area contributed by atoms with Crippen molar-refractivity contribution in [2.24, 2.45) is 0 Å². The average molecular weight is 345 g/mol. The van der Waals surface area contributed by atoms with Gasteiger partial charge in [-0.1, -0.05) is 23.1 Å². The molecule has 2 heterocycles. The Balaban J connectivity index is 2.68. The fourth-order valence-corrected chi connectivity index (χ4v) is 3.94. The van der Waals surface area contributed by atoms with Crippen LogP contribution in [0.3, 0.4) is 0 Å². The summed E-state index contributed by atoms with van der Waals surface area (Å²) in [6.45, 7) is 4.34. The zero-order valence-electron chi connectivity index (χ0n) is 11.9. The van der Waals surface area contributed by atoms with E-state index in [0.717, 1.165) is 9.17 Å². The molecule has 0 bridgehead atoms. The van der Waals surface area contributed by atoms with Gasteiger partial charge in [-0.3, -0.25) is 14.2 Å². The third-order valence-corrected chi connectivity index (χ3v) is 5.33. The first kappa shape index (κ1) is 16.2. The lowest BCUT2D eigenvalue weighted by atomic mass is 10.5. The normalized spacial score (nSPS) is 11.0. The van der Waals surface area contributed by atoms with Gasteiger partial charge in [-0.15, -0.1) is 0 Å². The summed E-state index contributed by atoms with van der Waals surface area (Å²) in [7, 11) is 0. The van der Waals surface area contributed by atoms with Gasteiger partial charge in [0, 0.05) is 6.54 Å². The van der Waals surface area contributed by atoms with E-state index in [-0.39, 0.29) is 18.7 Å². The number of hydrogen-bond acceptors (Lipinski definition) is 7. The molecule has 114 valence electrons. The molecule has 0 aliphatic rings. The first-order chi connectivity index (χ1) is 10.0. The van der Waals surface area contributed by atoms with Crippen LogP contribution in [0.1, 0.15) is 13.8 Å². The lowest BCUT2D eigenvalue weighted by molar-refractivity contribution is -0.143. The SMILES string of the molecule is CCOC(=O)Cn1c(=O)c2nc(SC)sc2n(CC)c1=S. The summed E-state index contributed by atoms with van der Waals surface area (Å²) in [5.41, 5.74) is 0.00778. The van der Waals surface area contributed by atoms with Crippen molar-refractivity contribution < 1.29 is 9.53 Å². The number of aromatic nitrogens is 3. The van der Waals surface area contributed by atoms with E-state index < -0.39 is 5.97 Å². The van der Waals surface area contributed by atoms with Gasteiger partial charge in [-0.05, 0) is 32.3 Å². The van der Waals surface area contributed by atoms with Gasteiger partial charge in [0.05, 0.1) is 6.61 Å². The largest absolute Gasteiger partial charge is 0.465 e. The van der Waals surface area contributed by atoms with E-state index >= 15 is 0 Å². The van der Waals surface area contributed by atoms with Gasteiger partial charge in [0.1, 0.15) is 11.4 Å². The van der Waals surface area contributed by atoms with Crippen molar-refractivity contribution in [1.29, 1.82) is 0 Å². The molecule has 0 amide bonds. The Labute approximate surface area is 134 Å². The van der Waals surface area contributed by atoms with Crippen molar-refractivity contribution in [2.45, 2.75) is 31.3 Å². The summed E-state index contributed by atoms with van der Waals surface area (Å²) in [5, 5.41) is 0. The molecule has 0 fully saturated rings. The predicted octanol–water partition coefficient (Wildman–Crippen LogP) is 2.29. The van der Waals surface area contributed by atoms with Crippen LogP contribution in [0.25, 0.3) is 10.3 Å². The summed E-state index contributed by atoms with van der Waals surface area (Å²) < 4.78 is 9.08. The van der Waals surface area contributed by atoms with Crippen LogP contribution in [0.4, 0.5) is 0 Å². The molecule has 0 aliphatic carbocycles. The lowest BCUT2D eigenvalue weighted by Crippen LogP contribution is -2.29. The zero-order valence-corrected chi connectivity index (χ0v) is 14.4. The number of nitrogens with zero attached hydrogens (tertiary/aromatic N) is 3. The highest BCUT2D eigenvalue weighted by Gasteiger charge is 2.17. The number of fused-ring (bicyclic) bond motifs is 1. The van der Waals surface area contributed by atoms with E-state index in [1.165, 1.54) is 27.7 Å². The van der Waals surface area contributed by atoms with Gasteiger partial charge in [-0.2, -0.15) is 0 Å². The van der Waals surface area contributed by atoms with Crippen molar-refractivity contribution in [3.8, 4) is 0 Å². The summed E-state index contributed by atoms with van der Waals surface area (Å²) in [4.78, 5) is 29.2. The fourth-order valence-electron chi connectivity index (χ4n) is 1.90. The first-order valence-corrected chi connectivity index (χ1v) is 8.82. The molecule has 2 aromatic rings. The molecule has 0 N–H and O–H groups in total.